The quantitative estimate of drug-likeness (QED) is 0.500. The Balaban J connectivity index is 1.62. The Morgan fingerprint density at radius 2 is 2.17 bits per heavy atom. The van der Waals surface area contributed by atoms with Gasteiger partial charge in [-0.3, -0.25) is 4.57 Å². The lowest BCUT2D eigenvalue weighted by Crippen LogP contribution is -2.23. The van der Waals surface area contributed by atoms with E-state index in [4.69, 9.17) is 10.5 Å². The van der Waals surface area contributed by atoms with Crippen molar-refractivity contribution in [1.82, 2.24) is 19.5 Å². The standard InChI is InChI=1S/C13H17BrN5O4P/c14-7-3-9(24(20,21)22)23-8(7)4-19-5-16-11-10(6-1-2-6)17-13(15)18-12(11)19/h5-9H,1-4H2,(H2,15,17,18)(H2,20,21,22)/t7-,8+,9+/m0/s1. The van der Waals surface area contributed by atoms with E-state index in [0.717, 1.165) is 24.1 Å². The summed E-state index contributed by atoms with van der Waals surface area (Å²) in [6, 6.07) is 0. The van der Waals surface area contributed by atoms with Gasteiger partial charge < -0.3 is 24.8 Å². The molecule has 3 atom stereocenters. The van der Waals surface area contributed by atoms with Gasteiger partial charge in [-0.1, -0.05) is 15.9 Å². The summed E-state index contributed by atoms with van der Waals surface area (Å²) in [5, 5.41) is 0. The van der Waals surface area contributed by atoms with Crippen LogP contribution in [0.5, 0.6) is 0 Å². The Morgan fingerprint density at radius 1 is 1.42 bits per heavy atom. The van der Waals surface area contributed by atoms with E-state index < -0.39 is 13.4 Å². The topological polar surface area (TPSA) is 136 Å². The minimum absolute atomic E-state index is 0.158. The third kappa shape index (κ3) is 2.97. The number of rotatable bonds is 4. The van der Waals surface area contributed by atoms with Crippen LogP contribution in [0, 0.1) is 0 Å². The Bertz CT molecular complexity index is 835. The zero-order valence-electron chi connectivity index (χ0n) is 12.6. The Morgan fingerprint density at radius 3 is 2.79 bits per heavy atom. The molecule has 24 heavy (non-hydrogen) atoms. The molecular weight excluding hydrogens is 401 g/mol. The molecule has 4 rings (SSSR count). The number of hydrogen-bond acceptors (Lipinski definition) is 6. The Hall–Kier alpha value is -1.06. The lowest BCUT2D eigenvalue weighted by Gasteiger charge is -2.16. The highest BCUT2D eigenvalue weighted by atomic mass is 79.9. The summed E-state index contributed by atoms with van der Waals surface area (Å²) in [6.45, 7) is 0.378. The third-order valence-corrected chi connectivity index (χ3v) is 6.43. The second-order valence-electron chi connectivity index (χ2n) is 6.28. The number of aromatic nitrogens is 4. The fourth-order valence-corrected chi connectivity index (χ4v) is 4.75. The number of ether oxygens (including phenoxy) is 1. The molecule has 2 aromatic rings. The van der Waals surface area contributed by atoms with Crippen LogP contribution in [0.3, 0.4) is 0 Å². The van der Waals surface area contributed by atoms with Crippen molar-refractivity contribution in [2.24, 2.45) is 0 Å². The SMILES string of the molecule is Nc1nc(C2CC2)c2ncn(C[C@H]3O[C@H](P(=O)(O)O)C[C@@H]3Br)c2n1. The molecule has 130 valence electrons. The van der Waals surface area contributed by atoms with Crippen molar-refractivity contribution in [1.29, 1.82) is 0 Å². The highest BCUT2D eigenvalue weighted by molar-refractivity contribution is 9.09. The molecular formula is C13H17BrN5O4P. The fraction of sp³-hybridized carbons (Fsp3) is 0.615. The fourth-order valence-electron chi connectivity index (χ4n) is 3.01. The van der Waals surface area contributed by atoms with Gasteiger partial charge >= 0.3 is 7.60 Å². The predicted octanol–water partition coefficient (Wildman–Crippen LogP) is 1.34. The monoisotopic (exact) mass is 417 g/mol. The summed E-state index contributed by atoms with van der Waals surface area (Å²) in [5.74, 6) is -0.475. The maximum Gasteiger partial charge on any atom is 0.354 e. The van der Waals surface area contributed by atoms with Crippen LogP contribution in [-0.4, -0.2) is 46.1 Å². The lowest BCUT2D eigenvalue weighted by atomic mass is 10.2. The van der Waals surface area contributed by atoms with E-state index in [0.29, 0.717) is 18.1 Å². The maximum atomic E-state index is 11.4. The van der Waals surface area contributed by atoms with Crippen LogP contribution < -0.4 is 5.73 Å². The average Bonchev–Trinajstić information content (AvgIpc) is 3.17. The first-order valence-electron chi connectivity index (χ1n) is 7.66. The van der Waals surface area contributed by atoms with Crippen molar-refractivity contribution >= 4 is 40.6 Å². The van der Waals surface area contributed by atoms with E-state index in [1.165, 1.54) is 0 Å². The van der Waals surface area contributed by atoms with Gasteiger partial charge in [0, 0.05) is 17.2 Å². The predicted molar refractivity (Wildman–Crippen MR) is 89.7 cm³/mol. The summed E-state index contributed by atoms with van der Waals surface area (Å²) < 4.78 is 18.8. The number of anilines is 1. The normalized spacial score (nSPS) is 27.9. The van der Waals surface area contributed by atoms with Crippen LogP contribution in [0.2, 0.25) is 0 Å². The van der Waals surface area contributed by atoms with Crippen LogP contribution in [0.4, 0.5) is 5.95 Å². The van der Waals surface area contributed by atoms with Crippen molar-refractivity contribution in [3.8, 4) is 0 Å². The van der Waals surface area contributed by atoms with Gasteiger partial charge in [-0.25, -0.2) is 9.97 Å². The van der Waals surface area contributed by atoms with E-state index >= 15 is 0 Å². The van der Waals surface area contributed by atoms with Crippen molar-refractivity contribution in [2.75, 3.05) is 5.73 Å². The van der Waals surface area contributed by atoms with Crippen molar-refractivity contribution in [3.63, 3.8) is 0 Å². The molecule has 11 heteroatoms. The van der Waals surface area contributed by atoms with E-state index in [1.54, 1.807) is 10.9 Å². The first-order chi connectivity index (χ1) is 11.3. The maximum absolute atomic E-state index is 11.4. The van der Waals surface area contributed by atoms with Gasteiger partial charge in [0.2, 0.25) is 5.95 Å². The summed E-state index contributed by atoms with van der Waals surface area (Å²) >= 11 is 3.45. The summed E-state index contributed by atoms with van der Waals surface area (Å²) in [7, 11) is -4.27. The van der Waals surface area contributed by atoms with Gasteiger partial charge in [-0.15, -0.1) is 0 Å². The second kappa shape index (κ2) is 5.74. The van der Waals surface area contributed by atoms with Gasteiger partial charge in [0.05, 0.1) is 24.7 Å². The number of fused-ring (bicyclic) bond motifs is 1. The zero-order chi connectivity index (χ0) is 17.1. The molecule has 4 N–H and O–H groups in total. The van der Waals surface area contributed by atoms with Crippen molar-refractivity contribution in [2.45, 2.75) is 48.5 Å². The molecule has 0 aromatic carbocycles. The van der Waals surface area contributed by atoms with E-state index in [9.17, 15) is 14.4 Å². The summed E-state index contributed by atoms with van der Waals surface area (Å²) in [6.07, 6.45) is 3.68. The van der Waals surface area contributed by atoms with E-state index in [-0.39, 0.29) is 23.3 Å². The molecule has 1 saturated carbocycles. The summed E-state index contributed by atoms with van der Waals surface area (Å²) in [5.41, 5.74) is 8.08. The number of imidazole rings is 1. The molecule has 1 aliphatic heterocycles. The number of nitrogens with two attached hydrogens (primary N) is 1. The van der Waals surface area contributed by atoms with Gasteiger partial charge in [-0.05, 0) is 12.8 Å². The number of alkyl halides is 1. The Labute approximate surface area is 145 Å². The van der Waals surface area contributed by atoms with Gasteiger partial charge in [0.1, 0.15) is 5.52 Å². The minimum Gasteiger partial charge on any atom is -0.368 e. The van der Waals surface area contributed by atoms with Crippen LogP contribution in [0.15, 0.2) is 6.33 Å². The molecule has 2 aliphatic rings. The molecule has 9 nitrogen and oxygen atoms in total. The van der Waals surface area contributed by atoms with Crippen LogP contribution in [-0.2, 0) is 15.8 Å². The molecule has 0 spiro atoms. The van der Waals surface area contributed by atoms with E-state index in [2.05, 4.69) is 30.9 Å². The number of halogens is 1. The minimum atomic E-state index is -4.27. The summed E-state index contributed by atoms with van der Waals surface area (Å²) in [4.78, 5) is 31.5. The van der Waals surface area contributed by atoms with Crippen molar-refractivity contribution in [3.05, 3.63) is 12.0 Å². The van der Waals surface area contributed by atoms with Crippen molar-refractivity contribution < 1.29 is 19.1 Å². The first kappa shape index (κ1) is 16.4. The molecule has 1 aliphatic carbocycles. The van der Waals surface area contributed by atoms with Gasteiger partial charge in [0.15, 0.2) is 11.5 Å². The molecule has 0 amide bonds. The van der Waals surface area contributed by atoms with Gasteiger partial charge in [0.25, 0.3) is 0 Å². The van der Waals surface area contributed by atoms with Crippen LogP contribution >= 0.6 is 23.5 Å². The highest BCUT2D eigenvalue weighted by Crippen LogP contribution is 2.49. The van der Waals surface area contributed by atoms with Crippen LogP contribution in [0.25, 0.3) is 11.2 Å². The molecule has 2 fully saturated rings. The van der Waals surface area contributed by atoms with Gasteiger partial charge in [-0.2, -0.15) is 4.98 Å². The highest BCUT2D eigenvalue weighted by Gasteiger charge is 2.43. The third-order valence-electron chi connectivity index (χ3n) is 4.39. The number of hydrogen-bond donors (Lipinski definition) is 3. The zero-order valence-corrected chi connectivity index (χ0v) is 15.1. The number of nitrogen functional groups attached to an aromatic ring is 1. The molecule has 0 radical (unpaired) electrons. The van der Waals surface area contributed by atoms with E-state index in [1.807, 2.05) is 0 Å². The smallest absolute Gasteiger partial charge is 0.354 e. The number of nitrogens with zero attached hydrogens (tertiary/aromatic N) is 4. The largest absolute Gasteiger partial charge is 0.368 e. The first-order valence-corrected chi connectivity index (χ1v) is 10.3. The molecule has 1 saturated heterocycles. The lowest BCUT2D eigenvalue weighted by molar-refractivity contribution is 0.0639. The molecule has 3 heterocycles. The second-order valence-corrected chi connectivity index (χ2v) is 9.21. The van der Waals surface area contributed by atoms with Crippen LogP contribution in [0.1, 0.15) is 30.9 Å². The average molecular weight is 418 g/mol. The Kier molecular flexibility index (Phi) is 3.92. The molecule has 2 aromatic heterocycles. The molecule has 0 unspecified atom stereocenters. The molecule has 0 bridgehead atoms.